The molecule has 1 atom stereocenters. The number of amides is 1. The zero-order chi connectivity index (χ0) is 14.8. The summed E-state index contributed by atoms with van der Waals surface area (Å²) in [5, 5.41) is 6.43. The Bertz CT molecular complexity index is 662. The van der Waals surface area contributed by atoms with Gasteiger partial charge in [-0.05, 0) is 26.0 Å². The third-order valence-electron chi connectivity index (χ3n) is 3.68. The first-order chi connectivity index (χ1) is 10.1. The first kappa shape index (κ1) is 19.9. The van der Waals surface area contributed by atoms with E-state index in [-0.39, 0.29) is 30.7 Å². The van der Waals surface area contributed by atoms with Crippen LogP contribution in [0.2, 0.25) is 0 Å². The number of benzene rings is 1. The van der Waals surface area contributed by atoms with Crippen LogP contribution in [0.25, 0.3) is 11.3 Å². The minimum atomic E-state index is 0. The maximum Gasteiger partial charge on any atom is 0.253 e. The van der Waals surface area contributed by atoms with Crippen LogP contribution in [0.15, 0.2) is 29.6 Å². The molecule has 1 aliphatic heterocycles. The van der Waals surface area contributed by atoms with Gasteiger partial charge in [0.05, 0.1) is 10.7 Å². The topological polar surface area (TPSA) is 45.2 Å². The predicted octanol–water partition coefficient (Wildman–Crippen LogP) is 3.40. The van der Waals surface area contributed by atoms with Gasteiger partial charge in [-0.1, -0.05) is 12.1 Å². The highest BCUT2D eigenvalue weighted by Gasteiger charge is 2.21. The Labute approximate surface area is 153 Å². The smallest absolute Gasteiger partial charge is 0.253 e. The molecule has 1 N–H and O–H groups in total. The maximum absolute atomic E-state index is 12.6. The van der Waals surface area contributed by atoms with Gasteiger partial charge in [-0.3, -0.25) is 4.79 Å². The molecule has 0 radical (unpaired) electrons. The van der Waals surface area contributed by atoms with Gasteiger partial charge in [0.1, 0.15) is 0 Å². The van der Waals surface area contributed by atoms with Gasteiger partial charge < -0.3 is 10.2 Å². The lowest BCUT2D eigenvalue weighted by atomic mass is 10.1. The standard InChI is InChI=1S/C16H19N3OS.2ClH/c1-11-9-19(7-6-17-11)16(20)14-5-3-4-13(8-14)15-10-21-12(2)18-15;;/h3-5,8,10-11,17H,6-7,9H2,1-2H3;2*1H. The maximum atomic E-state index is 12.6. The van der Waals surface area contributed by atoms with Crippen molar-refractivity contribution in [2.75, 3.05) is 19.6 Å². The number of rotatable bonds is 2. The van der Waals surface area contributed by atoms with Crippen LogP contribution in [0.1, 0.15) is 22.3 Å². The summed E-state index contributed by atoms with van der Waals surface area (Å²) in [4.78, 5) is 19.0. The van der Waals surface area contributed by atoms with Gasteiger partial charge in [-0.15, -0.1) is 36.2 Å². The fourth-order valence-corrected chi connectivity index (χ4v) is 3.23. The number of nitrogens with zero attached hydrogens (tertiary/aromatic N) is 2. The van der Waals surface area contributed by atoms with Gasteiger partial charge in [0, 0.05) is 42.2 Å². The van der Waals surface area contributed by atoms with Crippen molar-refractivity contribution < 1.29 is 4.79 Å². The first-order valence-electron chi connectivity index (χ1n) is 7.19. The molecule has 1 aromatic carbocycles. The first-order valence-corrected chi connectivity index (χ1v) is 8.06. The van der Waals surface area contributed by atoms with Gasteiger partial charge in [-0.25, -0.2) is 4.98 Å². The highest BCUT2D eigenvalue weighted by molar-refractivity contribution is 7.09. The molecular weight excluding hydrogens is 353 g/mol. The molecule has 4 nitrogen and oxygen atoms in total. The van der Waals surface area contributed by atoms with E-state index >= 15 is 0 Å². The van der Waals surface area contributed by atoms with Crippen LogP contribution >= 0.6 is 36.2 Å². The van der Waals surface area contributed by atoms with Crippen LogP contribution in [0.3, 0.4) is 0 Å². The predicted molar refractivity (Wildman–Crippen MR) is 100 cm³/mol. The fraction of sp³-hybridized carbons (Fsp3) is 0.375. The molecule has 126 valence electrons. The third kappa shape index (κ3) is 4.67. The van der Waals surface area contributed by atoms with E-state index in [0.717, 1.165) is 41.5 Å². The largest absolute Gasteiger partial charge is 0.336 e. The molecule has 1 aliphatic rings. The van der Waals surface area contributed by atoms with Crippen molar-refractivity contribution >= 4 is 42.1 Å². The van der Waals surface area contributed by atoms with Crippen LogP contribution in [-0.2, 0) is 0 Å². The highest BCUT2D eigenvalue weighted by atomic mass is 35.5. The molecule has 2 heterocycles. The second-order valence-corrected chi connectivity index (χ2v) is 6.50. The second-order valence-electron chi connectivity index (χ2n) is 5.44. The molecule has 0 spiro atoms. The molecule has 0 saturated carbocycles. The summed E-state index contributed by atoms with van der Waals surface area (Å²) >= 11 is 1.63. The highest BCUT2D eigenvalue weighted by Crippen LogP contribution is 2.23. The number of hydrogen-bond acceptors (Lipinski definition) is 4. The van der Waals surface area contributed by atoms with Gasteiger partial charge in [-0.2, -0.15) is 0 Å². The Morgan fingerprint density at radius 2 is 2.17 bits per heavy atom. The summed E-state index contributed by atoms with van der Waals surface area (Å²) in [7, 11) is 0. The molecule has 0 bridgehead atoms. The van der Waals surface area contributed by atoms with Gasteiger partial charge in [0.25, 0.3) is 5.91 Å². The third-order valence-corrected chi connectivity index (χ3v) is 4.45. The van der Waals surface area contributed by atoms with Crippen LogP contribution in [0, 0.1) is 6.92 Å². The number of carbonyl (C=O) groups excluding carboxylic acids is 1. The van der Waals surface area contributed by atoms with Crippen molar-refractivity contribution in [3.05, 3.63) is 40.2 Å². The van der Waals surface area contributed by atoms with Crippen LogP contribution < -0.4 is 5.32 Å². The molecule has 2 aromatic rings. The number of piperazine rings is 1. The molecule has 1 saturated heterocycles. The zero-order valence-corrected chi connectivity index (χ0v) is 15.6. The normalized spacial score (nSPS) is 17.1. The molecule has 1 amide bonds. The Morgan fingerprint density at radius 3 is 2.83 bits per heavy atom. The van der Waals surface area contributed by atoms with Crippen molar-refractivity contribution in [3.63, 3.8) is 0 Å². The average molecular weight is 374 g/mol. The van der Waals surface area contributed by atoms with Gasteiger partial charge in [0.2, 0.25) is 0 Å². The van der Waals surface area contributed by atoms with Crippen molar-refractivity contribution in [2.24, 2.45) is 0 Å². The summed E-state index contributed by atoms with van der Waals surface area (Å²) in [5.74, 6) is 0.108. The number of aryl methyl sites for hydroxylation is 1. The van der Waals surface area contributed by atoms with E-state index in [4.69, 9.17) is 0 Å². The Hall–Kier alpha value is -1.14. The van der Waals surface area contributed by atoms with E-state index < -0.39 is 0 Å². The van der Waals surface area contributed by atoms with Gasteiger partial charge in [0.15, 0.2) is 0 Å². The second kappa shape index (κ2) is 8.64. The molecule has 3 rings (SSSR count). The summed E-state index contributed by atoms with van der Waals surface area (Å²) in [6, 6.07) is 8.13. The summed E-state index contributed by atoms with van der Waals surface area (Å²) in [6.07, 6.45) is 0. The van der Waals surface area contributed by atoms with Crippen LogP contribution in [-0.4, -0.2) is 41.5 Å². The molecule has 23 heavy (non-hydrogen) atoms. The number of hydrogen-bond donors (Lipinski definition) is 1. The monoisotopic (exact) mass is 373 g/mol. The fourth-order valence-electron chi connectivity index (χ4n) is 2.61. The van der Waals surface area contributed by atoms with Crippen molar-refractivity contribution in [1.82, 2.24) is 15.2 Å². The molecule has 0 aliphatic carbocycles. The Kier molecular flexibility index (Phi) is 7.48. The van der Waals surface area contributed by atoms with Crippen LogP contribution in [0.4, 0.5) is 0 Å². The van der Waals surface area contributed by atoms with Gasteiger partial charge >= 0.3 is 0 Å². The summed E-state index contributed by atoms with van der Waals surface area (Å²) < 4.78 is 0. The van der Waals surface area contributed by atoms with Crippen molar-refractivity contribution in [1.29, 1.82) is 0 Å². The number of carbonyl (C=O) groups is 1. The average Bonchev–Trinajstić information content (AvgIpc) is 2.93. The molecule has 1 aromatic heterocycles. The van der Waals surface area contributed by atoms with E-state index in [0.29, 0.717) is 6.04 Å². The summed E-state index contributed by atoms with van der Waals surface area (Å²) in [6.45, 7) is 6.49. The van der Waals surface area contributed by atoms with Crippen LogP contribution in [0.5, 0.6) is 0 Å². The quantitative estimate of drug-likeness (QED) is 0.877. The van der Waals surface area contributed by atoms with E-state index in [1.807, 2.05) is 41.5 Å². The zero-order valence-electron chi connectivity index (χ0n) is 13.1. The lowest BCUT2D eigenvalue weighted by molar-refractivity contribution is 0.0709. The Balaban J connectivity index is 0.00000132. The van der Waals surface area contributed by atoms with Crippen molar-refractivity contribution in [3.8, 4) is 11.3 Å². The lowest BCUT2D eigenvalue weighted by Crippen LogP contribution is -2.51. The SMILES string of the molecule is Cc1nc(-c2cccc(C(=O)N3CCNC(C)C3)c2)cs1.Cl.Cl. The number of nitrogens with one attached hydrogen (secondary N) is 1. The van der Waals surface area contributed by atoms with Crippen molar-refractivity contribution in [2.45, 2.75) is 19.9 Å². The molecule has 1 unspecified atom stereocenters. The molecular formula is C16H21Cl2N3OS. The number of thiazole rings is 1. The minimum Gasteiger partial charge on any atom is -0.336 e. The number of aromatic nitrogens is 1. The Morgan fingerprint density at radius 1 is 1.39 bits per heavy atom. The molecule has 1 fully saturated rings. The van der Waals surface area contributed by atoms with E-state index in [1.165, 1.54) is 0 Å². The number of halogens is 2. The van der Waals surface area contributed by atoms with E-state index in [9.17, 15) is 4.79 Å². The molecule has 7 heteroatoms. The van der Waals surface area contributed by atoms with E-state index in [1.54, 1.807) is 11.3 Å². The summed E-state index contributed by atoms with van der Waals surface area (Å²) in [5.41, 5.74) is 2.70. The minimum absolute atomic E-state index is 0. The lowest BCUT2D eigenvalue weighted by Gasteiger charge is -2.32. The van der Waals surface area contributed by atoms with E-state index in [2.05, 4.69) is 17.2 Å².